The summed E-state index contributed by atoms with van der Waals surface area (Å²) in [6.45, 7) is 3.51. The zero-order valence-electron chi connectivity index (χ0n) is 14.7. The van der Waals surface area contributed by atoms with Crippen LogP contribution >= 0.6 is 24.8 Å². The molecule has 1 fully saturated rings. The Morgan fingerprint density at radius 3 is 2.74 bits per heavy atom. The number of piperidine rings is 1. The van der Waals surface area contributed by atoms with Crippen LogP contribution in [0.2, 0.25) is 0 Å². The van der Waals surface area contributed by atoms with Gasteiger partial charge in [-0.15, -0.1) is 24.8 Å². The Kier molecular flexibility index (Phi) is 8.68. The molecule has 8 nitrogen and oxygen atoms in total. The van der Waals surface area contributed by atoms with E-state index in [2.05, 4.69) is 20.6 Å². The zero-order chi connectivity index (χ0) is 17.8. The van der Waals surface area contributed by atoms with Crippen LogP contribution in [0.4, 0.5) is 0 Å². The molecule has 0 aliphatic carbocycles. The van der Waals surface area contributed by atoms with E-state index in [1.54, 1.807) is 13.0 Å². The van der Waals surface area contributed by atoms with Crippen LogP contribution in [-0.4, -0.2) is 29.0 Å². The van der Waals surface area contributed by atoms with Gasteiger partial charge in [0.25, 0.3) is 11.5 Å². The lowest BCUT2D eigenvalue weighted by molar-refractivity contribution is 0.0945. The Balaban J connectivity index is 0.00000182. The highest BCUT2D eigenvalue weighted by Gasteiger charge is 2.22. The van der Waals surface area contributed by atoms with Crippen LogP contribution in [0.3, 0.4) is 0 Å². The lowest BCUT2D eigenvalue weighted by Crippen LogP contribution is -2.32. The molecule has 1 amide bonds. The summed E-state index contributed by atoms with van der Waals surface area (Å²) >= 11 is 0. The van der Waals surface area contributed by atoms with Crippen LogP contribution < -0.4 is 21.8 Å². The fourth-order valence-electron chi connectivity index (χ4n) is 2.97. The first-order valence-corrected chi connectivity index (χ1v) is 8.22. The highest BCUT2D eigenvalue weighted by Crippen LogP contribution is 2.23. The van der Waals surface area contributed by atoms with Crippen molar-refractivity contribution in [2.45, 2.75) is 32.2 Å². The maximum atomic E-state index is 12.3. The molecule has 1 aliphatic heterocycles. The molecule has 0 radical (unpaired) electrons. The van der Waals surface area contributed by atoms with E-state index < -0.39 is 11.5 Å². The minimum Gasteiger partial charge on any atom is -0.427 e. The summed E-state index contributed by atoms with van der Waals surface area (Å²) in [5, 5.41) is 5.87. The number of H-pyrrole nitrogens is 1. The van der Waals surface area contributed by atoms with E-state index in [0.29, 0.717) is 17.0 Å². The van der Waals surface area contributed by atoms with Gasteiger partial charge in [0.05, 0.1) is 18.6 Å². The number of nitrogens with zero attached hydrogens (tertiary/aromatic N) is 1. The fraction of sp³-hybridized carbons (Fsp3) is 0.412. The minimum absolute atomic E-state index is 0. The number of aromatic nitrogens is 2. The largest absolute Gasteiger partial charge is 0.427 e. The number of carbonyl (C=O) groups is 1. The molecule has 0 spiro atoms. The van der Waals surface area contributed by atoms with Crippen LogP contribution in [0, 0.1) is 6.92 Å². The molecule has 1 atom stereocenters. The molecule has 0 bridgehead atoms. The highest BCUT2D eigenvalue weighted by molar-refractivity contribution is 5.95. The van der Waals surface area contributed by atoms with Crippen molar-refractivity contribution in [2.75, 3.05) is 13.1 Å². The predicted octanol–water partition coefficient (Wildman–Crippen LogP) is 1.27. The van der Waals surface area contributed by atoms with Crippen molar-refractivity contribution in [2.24, 2.45) is 0 Å². The smallest absolute Gasteiger partial charge is 0.349 e. The molecule has 2 aromatic heterocycles. The molecule has 148 valence electrons. The summed E-state index contributed by atoms with van der Waals surface area (Å²) in [5.41, 5.74) is 0.0203. The Bertz CT molecular complexity index is 891. The van der Waals surface area contributed by atoms with Gasteiger partial charge < -0.3 is 20.0 Å². The molecule has 3 N–H and O–H groups in total. The van der Waals surface area contributed by atoms with Gasteiger partial charge in [-0.25, -0.2) is 9.78 Å². The van der Waals surface area contributed by atoms with E-state index >= 15 is 0 Å². The number of aromatic amines is 1. The van der Waals surface area contributed by atoms with Crippen LogP contribution in [0.5, 0.6) is 0 Å². The molecule has 3 heterocycles. The third-order valence-electron chi connectivity index (χ3n) is 4.26. The van der Waals surface area contributed by atoms with E-state index in [-0.39, 0.29) is 48.4 Å². The zero-order valence-corrected chi connectivity index (χ0v) is 16.4. The molecule has 3 rings (SSSR count). The van der Waals surface area contributed by atoms with E-state index in [9.17, 15) is 14.4 Å². The first kappa shape index (κ1) is 22.9. The van der Waals surface area contributed by atoms with Gasteiger partial charge in [-0.05, 0) is 37.9 Å². The van der Waals surface area contributed by atoms with Crippen molar-refractivity contribution < 1.29 is 9.21 Å². The van der Waals surface area contributed by atoms with Crippen molar-refractivity contribution in [1.29, 1.82) is 0 Å². The lowest BCUT2D eigenvalue weighted by Gasteiger charge is -2.22. The van der Waals surface area contributed by atoms with Crippen LogP contribution in [0.25, 0.3) is 0 Å². The first-order valence-electron chi connectivity index (χ1n) is 8.22. The van der Waals surface area contributed by atoms with Gasteiger partial charge in [0.2, 0.25) is 0 Å². The summed E-state index contributed by atoms with van der Waals surface area (Å²) in [7, 11) is 0. The first-order chi connectivity index (χ1) is 12.0. The second-order valence-electron chi connectivity index (χ2n) is 6.12. The Labute approximate surface area is 168 Å². The SMILES string of the molecule is Cc1cc(C2CCCNC2)oc(=O)c1C(=O)NCc1cc(=O)[nH]cn1.Cl.Cl. The highest BCUT2D eigenvalue weighted by atomic mass is 35.5. The van der Waals surface area contributed by atoms with Crippen molar-refractivity contribution >= 4 is 30.7 Å². The molecular formula is C17H22Cl2N4O4. The van der Waals surface area contributed by atoms with E-state index in [4.69, 9.17) is 4.42 Å². The van der Waals surface area contributed by atoms with Crippen LogP contribution in [0.1, 0.15) is 46.1 Å². The lowest BCUT2D eigenvalue weighted by atomic mass is 9.95. The number of rotatable bonds is 4. The number of hydrogen-bond donors (Lipinski definition) is 3. The van der Waals surface area contributed by atoms with E-state index in [0.717, 1.165) is 25.9 Å². The molecule has 1 aliphatic rings. The van der Waals surface area contributed by atoms with Crippen LogP contribution in [0.15, 0.2) is 32.5 Å². The van der Waals surface area contributed by atoms with Gasteiger partial charge in [0.15, 0.2) is 0 Å². The topological polar surface area (TPSA) is 117 Å². The number of aryl methyl sites for hydroxylation is 1. The molecule has 1 saturated heterocycles. The number of hydrogen-bond acceptors (Lipinski definition) is 6. The number of halogens is 2. The average Bonchev–Trinajstić information content (AvgIpc) is 2.60. The monoisotopic (exact) mass is 416 g/mol. The van der Waals surface area contributed by atoms with Gasteiger partial charge in [-0.2, -0.15) is 0 Å². The summed E-state index contributed by atoms with van der Waals surface area (Å²) < 4.78 is 5.39. The summed E-state index contributed by atoms with van der Waals surface area (Å²) in [6, 6.07) is 3.05. The quantitative estimate of drug-likeness (QED) is 0.690. The molecular weight excluding hydrogens is 395 g/mol. The number of nitrogens with one attached hydrogen (secondary N) is 3. The molecule has 10 heteroatoms. The van der Waals surface area contributed by atoms with Crippen molar-refractivity contribution in [1.82, 2.24) is 20.6 Å². The minimum atomic E-state index is -0.642. The molecule has 2 aromatic rings. The third-order valence-corrected chi connectivity index (χ3v) is 4.26. The van der Waals surface area contributed by atoms with E-state index in [1.807, 2.05) is 0 Å². The predicted molar refractivity (Wildman–Crippen MR) is 105 cm³/mol. The summed E-state index contributed by atoms with van der Waals surface area (Å²) in [4.78, 5) is 42.2. The van der Waals surface area contributed by atoms with Gasteiger partial charge in [0, 0.05) is 18.5 Å². The maximum Gasteiger partial charge on any atom is 0.349 e. The molecule has 0 saturated carbocycles. The van der Waals surface area contributed by atoms with Crippen LogP contribution in [-0.2, 0) is 6.54 Å². The van der Waals surface area contributed by atoms with Crippen molar-refractivity contribution in [3.63, 3.8) is 0 Å². The molecule has 1 unspecified atom stereocenters. The van der Waals surface area contributed by atoms with Gasteiger partial charge >= 0.3 is 5.63 Å². The standard InChI is InChI=1S/C17H20N4O4.2ClH/c1-10-5-13(11-3-2-4-18-7-11)25-17(24)15(10)16(23)19-8-12-6-14(22)21-9-20-12;;/h5-6,9,11,18H,2-4,7-8H2,1H3,(H,19,23)(H,20,21,22);2*1H. The van der Waals surface area contributed by atoms with Gasteiger partial charge in [-0.3, -0.25) is 9.59 Å². The molecule has 0 aromatic carbocycles. The number of amides is 1. The van der Waals surface area contributed by atoms with Gasteiger partial charge in [0.1, 0.15) is 11.3 Å². The second-order valence-corrected chi connectivity index (χ2v) is 6.12. The van der Waals surface area contributed by atoms with Crippen molar-refractivity contribution in [3.05, 3.63) is 61.8 Å². The van der Waals surface area contributed by atoms with Crippen molar-refractivity contribution in [3.8, 4) is 0 Å². The summed E-state index contributed by atoms with van der Waals surface area (Å²) in [6.07, 6.45) is 3.24. The second kappa shape index (κ2) is 10.2. The average molecular weight is 417 g/mol. The number of carbonyl (C=O) groups excluding carboxylic acids is 1. The Hall–Kier alpha value is -2.16. The normalized spacial score (nSPS) is 16.0. The van der Waals surface area contributed by atoms with E-state index in [1.165, 1.54) is 12.4 Å². The fourth-order valence-corrected chi connectivity index (χ4v) is 2.97. The Morgan fingerprint density at radius 2 is 2.11 bits per heavy atom. The van der Waals surface area contributed by atoms with Gasteiger partial charge in [-0.1, -0.05) is 0 Å². The third kappa shape index (κ3) is 5.66. The maximum absolute atomic E-state index is 12.3. The Morgan fingerprint density at radius 1 is 1.33 bits per heavy atom. The summed E-state index contributed by atoms with van der Waals surface area (Å²) in [5.74, 6) is 0.224. The molecule has 27 heavy (non-hydrogen) atoms.